The van der Waals surface area contributed by atoms with E-state index in [9.17, 15) is 14.4 Å². The molecule has 1 N–H and O–H groups in total. The van der Waals surface area contributed by atoms with E-state index in [1.54, 1.807) is 21.1 Å². The van der Waals surface area contributed by atoms with Crippen molar-refractivity contribution >= 4 is 29.2 Å². The lowest BCUT2D eigenvalue weighted by molar-refractivity contribution is -0.144. The Morgan fingerprint density at radius 3 is 2.29 bits per heavy atom. The van der Waals surface area contributed by atoms with Crippen LogP contribution in [0.1, 0.15) is 66.9 Å². The fourth-order valence-corrected chi connectivity index (χ4v) is 7.45. The number of thiophene rings is 1. The molecule has 2 aromatic carbocycles. The molecule has 42 heavy (non-hydrogen) atoms. The van der Waals surface area contributed by atoms with Gasteiger partial charge in [0.1, 0.15) is 12.6 Å². The Bertz CT molecular complexity index is 1360. The molecule has 2 aliphatic carbocycles. The lowest BCUT2D eigenvalue weighted by Gasteiger charge is -2.40. The van der Waals surface area contributed by atoms with Gasteiger partial charge in [-0.2, -0.15) is 0 Å². The molecule has 1 aromatic heterocycles. The monoisotopic (exact) mass is 585 g/mol. The third-order valence-corrected chi connectivity index (χ3v) is 9.98. The van der Waals surface area contributed by atoms with Crippen LogP contribution in [0.2, 0.25) is 0 Å². The van der Waals surface area contributed by atoms with Gasteiger partial charge in [0, 0.05) is 30.3 Å². The molecule has 0 radical (unpaired) electrons. The van der Waals surface area contributed by atoms with Crippen LogP contribution in [0.15, 0.2) is 66.0 Å². The van der Waals surface area contributed by atoms with E-state index in [0.29, 0.717) is 32.0 Å². The van der Waals surface area contributed by atoms with Gasteiger partial charge >= 0.3 is 6.09 Å². The van der Waals surface area contributed by atoms with Crippen LogP contribution < -0.4 is 5.32 Å². The van der Waals surface area contributed by atoms with Crippen LogP contribution >= 0.6 is 11.3 Å². The first-order valence-electron chi connectivity index (χ1n) is 15.3. The van der Waals surface area contributed by atoms with Crippen molar-refractivity contribution in [3.8, 4) is 11.1 Å². The number of fused-ring (bicyclic) bond motifs is 3. The van der Waals surface area contributed by atoms with Crippen molar-refractivity contribution in [2.24, 2.45) is 5.92 Å². The minimum absolute atomic E-state index is 0.00374. The minimum Gasteiger partial charge on any atom is -0.448 e. The van der Waals surface area contributed by atoms with Crippen molar-refractivity contribution in [1.29, 1.82) is 0 Å². The van der Waals surface area contributed by atoms with Gasteiger partial charge in [0.25, 0.3) is 0 Å². The number of hydrogen-bond donors (Lipinski definition) is 1. The number of ether oxygens (including phenoxy) is 1. The summed E-state index contributed by atoms with van der Waals surface area (Å²) >= 11 is 1.58. The largest absolute Gasteiger partial charge is 0.448 e. The van der Waals surface area contributed by atoms with E-state index in [1.165, 1.54) is 43.2 Å². The van der Waals surface area contributed by atoms with Crippen LogP contribution in [0, 0.1) is 5.92 Å². The summed E-state index contributed by atoms with van der Waals surface area (Å²) in [5.41, 5.74) is 4.67. The predicted octanol–water partition coefficient (Wildman–Crippen LogP) is 6.19. The number of piperazine rings is 1. The van der Waals surface area contributed by atoms with E-state index in [-0.39, 0.29) is 30.9 Å². The highest BCUT2D eigenvalue weighted by atomic mass is 32.1. The van der Waals surface area contributed by atoms with Crippen LogP contribution in [-0.2, 0) is 20.9 Å². The van der Waals surface area contributed by atoms with Gasteiger partial charge in [-0.1, -0.05) is 86.7 Å². The molecule has 3 amide bonds. The molecule has 1 aliphatic heterocycles. The molecule has 1 atom stereocenters. The number of benzene rings is 2. The highest BCUT2D eigenvalue weighted by molar-refractivity contribution is 7.09. The number of nitrogens with one attached hydrogen (secondary N) is 1. The Labute approximate surface area is 251 Å². The van der Waals surface area contributed by atoms with Crippen molar-refractivity contribution in [1.82, 2.24) is 15.1 Å². The third-order valence-electron chi connectivity index (χ3n) is 9.11. The molecule has 6 rings (SSSR count). The predicted molar refractivity (Wildman–Crippen MR) is 164 cm³/mol. The molecule has 220 valence electrons. The number of amides is 3. The normalized spacial score (nSPS) is 18.8. The topological polar surface area (TPSA) is 79.0 Å². The quantitative estimate of drug-likeness (QED) is 0.342. The third kappa shape index (κ3) is 6.24. The molecule has 3 aromatic rings. The molecule has 3 aliphatic rings. The Morgan fingerprint density at radius 2 is 1.60 bits per heavy atom. The van der Waals surface area contributed by atoms with Crippen LogP contribution in [0.4, 0.5) is 4.79 Å². The highest BCUT2D eigenvalue weighted by Crippen LogP contribution is 2.44. The van der Waals surface area contributed by atoms with E-state index in [0.717, 1.165) is 22.4 Å². The maximum absolute atomic E-state index is 13.4. The zero-order valence-corrected chi connectivity index (χ0v) is 24.8. The Balaban J connectivity index is 1.11. The summed E-state index contributed by atoms with van der Waals surface area (Å²) in [6.45, 7) is 1.43. The standard InChI is InChI=1S/C34H39N3O4S/c38-32(17-16-24-9-2-1-3-10-24)37-19-18-36(22-31(37)33(39)35-21-25-11-8-20-42-25)34(40)41-23-30-28-14-6-4-12-26(28)27-13-5-7-15-29(27)30/h4-8,11-15,20,24,30-31H,1-3,9-10,16-19,21-23H2,(H,35,39). The molecule has 8 heteroatoms. The molecule has 1 saturated heterocycles. The SMILES string of the molecule is O=C(NCc1cccs1)C1CN(C(=O)OCC2c3ccccc3-c3ccccc32)CCN1C(=O)CCC1CCCCC1. The first kappa shape index (κ1) is 28.5. The zero-order chi connectivity index (χ0) is 28.9. The van der Waals surface area contributed by atoms with Gasteiger partial charge in [0.2, 0.25) is 11.8 Å². The van der Waals surface area contributed by atoms with Crippen LogP contribution in [0.3, 0.4) is 0 Å². The van der Waals surface area contributed by atoms with E-state index < -0.39 is 12.1 Å². The molecule has 1 saturated carbocycles. The van der Waals surface area contributed by atoms with Crippen molar-refractivity contribution in [3.63, 3.8) is 0 Å². The first-order chi connectivity index (χ1) is 20.6. The van der Waals surface area contributed by atoms with Crippen LogP contribution in [-0.4, -0.2) is 60.0 Å². The van der Waals surface area contributed by atoms with E-state index in [1.807, 2.05) is 41.8 Å². The van der Waals surface area contributed by atoms with Crippen LogP contribution in [0.25, 0.3) is 11.1 Å². The van der Waals surface area contributed by atoms with Gasteiger partial charge in [-0.15, -0.1) is 11.3 Å². The number of carbonyl (C=O) groups excluding carboxylic acids is 3. The molecule has 0 bridgehead atoms. The van der Waals surface area contributed by atoms with Crippen molar-refractivity contribution in [2.45, 2.75) is 63.5 Å². The fourth-order valence-electron chi connectivity index (χ4n) is 6.81. The fraction of sp³-hybridized carbons (Fsp3) is 0.441. The summed E-state index contributed by atoms with van der Waals surface area (Å²) in [7, 11) is 0. The molecule has 7 nitrogen and oxygen atoms in total. The van der Waals surface area contributed by atoms with Crippen molar-refractivity contribution in [3.05, 3.63) is 82.0 Å². The van der Waals surface area contributed by atoms with E-state index in [4.69, 9.17) is 4.74 Å². The van der Waals surface area contributed by atoms with Gasteiger partial charge in [-0.05, 0) is 46.0 Å². The lowest BCUT2D eigenvalue weighted by atomic mass is 9.86. The summed E-state index contributed by atoms with van der Waals surface area (Å²) < 4.78 is 5.90. The van der Waals surface area contributed by atoms with Gasteiger partial charge in [-0.3, -0.25) is 9.59 Å². The number of carbonyl (C=O) groups is 3. The average Bonchev–Trinajstić information content (AvgIpc) is 3.68. The summed E-state index contributed by atoms with van der Waals surface area (Å²) in [5.74, 6) is 0.333. The maximum atomic E-state index is 13.4. The molecule has 0 spiro atoms. The van der Waals surface area contributed by atoms with Crippen molar-refractivity contribution < 1.29 is 19.1 Å². The summed E-state index contributed by atoms with van der Waals surface area (Å²) in [4.78, 5) is 44.6. The van der Waals surface area contributed by atoms with Gasteiger partial charge in [0.15, 0.2) is 0 Å². The lowest BCUT2D eigenvalue weighted by Crippen LogP contribution is -2.61. The smallest absolute Gasteiger partial charge is 0.409 e. The van der Waals surface area contributed by atoms with Crippen LogP contribution in [0.5, 0.6) is 0 Å². The maximum Gasteiger partial charge on any atom is 0.409 e. The number of nitrogens with zero attached hydrogens (tertiary/aromatic N) is 2. The number of rotatable bonds is 8. The summed E-state index contributed by atoms with van der Waals surface area (Å²) in [6, 6.07) is 19.7. The summed E-state index contributed by atoms with van der Waals surface area (Å²) in [5, 5.41) is 4.98. The van der Waals surface area contributed by atoms with Gasteiger partial charge in [0.05, 0.1) is 13.1 Å². The number of hydrogen-bond acceptors (Lipinski definition) is 5. The summed E-state index contributed by atoms with van der Waals surface area (Å²) in [6.07, 6.45) is 7.02. The Morgan fingerprint density at radius 1 is 0.881 bits per heavy atom. The molecule has 1 unspecified atom stereocenters. The Kier molecular flexibility index (Phi) is 8.89. The van der Waals surface area contributed by atoms with Gasteiger partial charge < -0.3 is 19.9 Å². The minimum atomic E-state index is -0.738. The van der Waals surface area contributed by atoms with E-state index in [2.05, 4.69) is 29.6 Å². The molecular weight excluding hydrogens is 546 g/mol. The molecular formula is C34H39N3O4S. The second-order valence-corrected chi connectivity index (χ2v) is 12.7. The second kappa shape index (κ2) is 13.1. The average molecular weight is 586 g/mol. The highest BCUT2D eigenvalue weighted by Gasteiger charge is 2.38. The van der Waals surface area contributed by atoms with Crippen molar-refractivity contribution in [2.75, 3.05) is 26.2 Å². The van der Waals surface area contributed by atoms with Gasteiger partial charge in [-0.25, -0.2) is 4.79 Å². The molecule has 2 heterocycles. The first-order valence-corrected chi connectivity index (χ1v) is 16.2. The second-order valence-electron chi connectivity index (χ2n) is 11.7. The molecule has 2 fully saturated rings. The Hall–Kier alpha value is -3.65. The van der Waals surface area contributed by atoms with E-state index >= 15 is 0 Å². The zero-order valence-electron chi connectivity index (χ0n) is 24.0.